The van der Waals surface area contributed by atoms with E-state index in [1.807, 2.05) is 0 Å². The molecule has 1 atom stereocenters. The fourth-order valence-electron chi connectivity index (χ4n) is 2.14. The first-order chi connectivity index (χ1) is 14.4. The third-order valence-electron chi connectivity index (χ3n) is 3.09. The number of ether oxygens (including phenoxy) is 1. The molecule has 0 unspecified atom stereocenters. The number of carbonyl (C=O) groups is 1. The number of fused-ring (bicyclic) bond motifs is 1. The Balaban J connectivity index is 2.02. The highest BCUT2D eigenvalue weighted by Crippen LogP contribution is 2.21. The molecule has 1 saturated heterocycles. The Bertz CT molecular complexity index is 1020. The van der Waals surface area contributed by atoms with Crippen LogP contribution in [0.3, 0.4) is 0 Å². The molecule has 1 aliphatic rings. The average Bonchev–Trinajstić information content (AvgIpc) is 3.15. The molecule has 0 saturated carbocycles. The number of carbonyl (C=O) groups excluding carboxylic acids is 1. The second-order valence-corrected chi connectivity index (χ2v) is 4.55. The van der Waals surface area contributed by atoms with Crippen LogP contribution in [0.25, 0.3) is 10.9 Å². The molecule has 2 aromatic rings. The average molecular weight is 298 g/mol. The number of cyclic esters (lactones) is 1. The summed E-state index contributed by atoms with van der Waals surface area (Å²) in [7, 11) is 0. The Hall–Kier alpha value is -2.01. The van der Waals surface area contributed by atoms with Gasteiger partial charge in [-0.15, -0.1) is 0 Å². The second kappa shape index (κ2) is 5.77. The summed E-state index contributed by atoms with van der Waals surface area (Å²) in [6.07, 6.45) is -2.56. The predicted molar refractivity (Wildman–Crippen MR) is 82.5 cm³/mol. The fourth-order valence-corrected chi connectivity index (χ4v) is 2.14. The van der Waals surface area contributed by atoms with Crippen LogP contribution in [0.15, 0.2) is 24.4 Å². The molecule has 0 bridgehead atoms. The van der Waals surface area contributed by atoms with Crippen LogP contribution in [-0.2, 0) is 17.5 Å². The van der Waals surface area contributed by atoms with Crippen molar-refractivity contribution in [3.63, 3.8) is 0 Å². The van der Waals surface area contributed by atoms with Gasteiger partial charge in [-0.3, -0.25) is 0 Å². The van der Waals surface area contributed by atoms with Crippen LogP contribution in [0, 0.1) is 0 Å². The van der Waals surface area contributed by atoms with Crippen molar-refractivity contribution < 1.29 is 24.6 Å². The fraction of sp³-hybridized carbons (Fsp3) is 0.438. The number of hydrogen-bond acceptors (Lipinski definition) is 3. The van der Waals surface area contributed by atoms with Crippen molar-refractivity contribution >= 4 is 17.0 Å². The Labute approximate surface area is 139 Å². The number of likely N-dealkylation sites (N-methyl/N-ethyl adjacent to an activating group) is 1. The van der Waals surface area contributed by atoms with Gasteiger partial charge in [0, 0.05) is 37.3 Å². The zero-order chi connectivity index (χ0) is 24.3. The van der Waals surface area contributed by atoms with E-state index in [9.17, 15) is 4.79 Å². The van der Waals surface area contributed by atoms with E-state index in [0.29, 0.717) is 10.9 Å². The number of amides is 1. The standard InChI is InChI=1S/C16H21N3O2/c1-19(2)6-5-12-9-17-15-4-3-11(8-14(12)15)7-13-10-21-16(20)18-13/h3-4,8-9,13,17H,5-7,10H2,1-2H3,(H,18,20)/t13-/m0/s1/i1D3,2D3,6D2,7D2,13D. The molecule has 5 heteroatoms. The minimum Gasteiger partial charge on any atom is -0.447 e. The van der Waals surface area contributed by atoms with E-state index < -0.39 is 52.0 Å². The van der Waals surface area contributed by atoms with E-state index in [2.05, 4.69) is 15.0 Å². The molecule has 0 spiro atoms. The molecule has 1 aliphatic heterocycles. The van der Waals surface area contributed by atoms with Crippen LogP contribution in [0.5, 0.6) is 0 Å². The zero-order valence-corrected chi connectivity index (χ0v) is 11.0. The third-order valence-corrected chi connectivity index (χ3v) is 3.09. The number of aryl methyl sites for hydroxylation is 1. The summed E-state index contributed by atoms with van der Waals surface area (Å²) in [6, 6.07) is 2.15. The van der Waals surface area contributed by atoms with Crippen LogP contribution in [0.2, 0.25) is 0 Å². The van der Waals surface area contributed by atoms with E-state index in [4.69, 9.17) is 15.1 Å². The molecule has 2 heterocycles. The van der Waals surface area contributed by atoms with E-state index in [0.717, 1.165) is 0 Å². The van der Waals surface area contributed by atoms with Gasteiger partial charge in [-0.25, -0.2) is 4.79 Å². The number of aromatic amines is 1. The van der Waals surface area contributed by atoms with Gasteiger partial charge in [0.15, 0.2) is 0 Å². The molecule has 2 N–H and O–H groups in total. The van der Waals surface area contributed by atoms with Gasteiger partial charge in [-0.1, -0.05) is 6.07 Å². The summed E-state index contributed by atoms with van der Waals surface area (Å²) in [5, 5.41) is 2.46. The van der Waals surface area contributed by atoms with Gasteiger partial charge in [0.2, 0.25) is 0 Å². The highest BCUT2D eigenvalue weighted by molar-refractivity contribution is 5.84. The van der Waals surface area contributed by atoms with E-state index in [1.165, 1.54) is 24.4 Å². The summed E-state index contributed by atoms with van der Waals surface area (Å²) in [6.45, 7) is -9.79. The first kappa shape index (κ1) is 6.01. The molecule has 1 amide bonds. The van der Waals surface area contributed by atoms with Gasteiger partial charge in [0.1, 0.15) is 6.61 Å². The first-order valence-electron chi connectivity index (χ1n) is 11.7. The van der Waals surface area contributed by atoms with Crippen molar-refractivity contribution in [2.45, 2.75) is 18.8 Å². The van der Waals surface area contributed by atoms with Gasteiger partial charge in [0.25, 0.3) is 0 Å². The monoisotopic (exact) mass is 298 g/mol. The first-order valence-corrected chi connectivity index (χ1v) is 6.24. The quantitative estimate of drug-likeness (QED) is 0.887. The topological polar surface area (TPSA) is 57.4 Å². The molecule has 1 fully saturated rings. The molecule has 0 radical (unpaired) electrons. The number of rotatable bonds is 5. The van der Waals surface area contributed by atoms with Crippen molar-refractivity contribution in [2.24, 2.45) is 0 Å². The second-order valence-electron chi connectivity index (χ2n) is 4.55. The maximum Gasteiger partial charge on any atom is 0.407 e. The lowest BCUT2D eigenvalue weighted by Crippen LogP contribution is -2.28. The lowest BCUT2D eigenvalue weighted by molar-refractivity contribution is 0.177. The molecular weight excluding hydrogens is 266 g/mol. The van der Waals surface area contributed by atoms with Gasteiger partial charge < -0.3 is 19.9 Å². The van der Waals surface area contributed by atoms with Gasteiger partial charge >= 0.3 is 6.09 Å². The highest BCUT2D eigenvalue weighted by Gasteiger charge is 2.22. The number of nitrogens with zero attached hydrogens (tertiary/aromatic N) is 1. The van der Waals surface area contributed by atoms with Gasteiger partial charge in [-0.05, 0) is 50.0 Å². The van der Waals surface area contributed by atoms with E-state index >= 15 is 0 Å². The Morgan fingerprint density at radius 3 is 3.24 bits per heavy atom. The smallest absolute Gasteiger partial charge is 0.407 e. The van der Waals surface area contributed by atoms with Crippen molar-refractivity contribution in [3.05, 3.63) is 35.5 Å². The van der Waals surface area contributed by atoms with Crippen LogP contribution in [0.1, 0.15) is 26.2 Å². The normalized spacial score (nSPS) is 32.0. The maximum absolute atomic E-state index is 11.4. The molecule has 0 aliphatic carbocycles. The van der Waals surface area contributed by atoms with Crippen molar-refractivity contribution in [1.82, 2.24) is 15.2 Å². The highest BCUT2D eigenvalue weighted by atomic mass is 16.6. The summed E-state index contributed by atoms with van der Waals surface area (Å²) >= 11 is 0. The van der Waals surface area contributed by atoms with Crippen LogP contribution in [0.4, 0.5) is 4.79 Å². The number of benzene rings is 1. The van der Waals surface area contributed by atoms with Crippen molar-refractivity contribution in [2.75, 3.05) is 27.1 Å². The molecule has 1 aromatic carbocycles. The Morgan fingerprint density at radius 2 is 2.48 bits per heavy atom. The number of alkyl carbamates (subject to hydrolysis) is 1. The van der Waals surface area contributed by atoms with E-state index in [-0.39, 0.29) is 16.0 Å². The number of hydrogen-bond donors (Lipinski definition) is 2. The van der Waals surface area contributed by atoms with Gasteiger partial charge in [0.05, 0.1) is 7.39 Å². The third kappa shape index (κ3) is 3.19. The van der Waals surface area contributed by atoms with Crippen LogP contribution >= 0.6 is 0 Å². The summed E-state index contributed by atoms with van der Waals surface area (Å²) in [4.78, 5) is 14.1. The van der Waals surface area contributed by atoms with E-state index in [1.54, 1.807) is 0 Å². The zero-order valence-electron chi connectivity index (χ0n) is 22.0. The number of nitrogens with one attached hydrogen (secondary N) is 2. The molecular formula is C16H21N3O2. The minimum absolute atomic E-state index is 0.00397. The largest absolute Gasteiger partial charge is 0.447 e. The number of aromatic nitrogens is 1. The Kier molecular flexibility index (Phi) is 1.65. The summed E-state index contributed by atoms with van der Waals surface area (Å²) in [5.74, 6) is 0. The lowest BCUT2D eigenvalue weighted by Gasteiger charge is -2.09. The summed E-state index contributed by atoms with van der Waals surface area (Å²) in [5.41, 5.74) is 0.679. The maximum atomic E-state index is 11.4. The van der Waals surface area contributed by atoms with Crippen LogP contribution in [-0.4, -0.2) is 49.1 Å². The minimum atomic E-state index is -3.23. The Morgan fingerprint density at radius 1 is 1.57 bits per heavy atom. The van der Waals surface area contributed by atoms with Crippen LogP contribution < -0.4 is 5.32 Å². The predicted octanol–water partition coefficient (Wildman–Crippen LogP) is 1.92. The molecule has 21 heavy (non-hydrogen) atoms. The summed E-state index contributed by atoms with van der Waals surface area (Å²) < 4.78 is 91.0. The number of H-pyrrole nitrogens is 1. The molecule has 5 nitrogen and oxygen atoms in total. The lowest BCUT2D eigenvalue weighted by atomic mass is 10.0. The molecule has 3 rings (SSSR count). The van der Waals surface area contributed by atoms with Crippen molar-refractivity contribution in [1.29, 1.82) is 0 Å². The van der Waals surface area contributed by atoms with Crippen molar-refractivity contribution in [3.8, 4) is 0 Å². The molecule has 112 valence electrons. The SMILES string of the molecule is [2H]C([2H])([2H])N(C([2H])([2H])[2H])C([2H])([2H])Cc1c[nH]c2ccc(C([2H])([2H])[C@@]3([2H])COC(=O)N3)cc12. The van der Waals surface area contributed by atoms with Gasteiger partial charge in [-0.2, -0.15) is 0 Å². The molecule has 1 aromatic heterocycles.